The molecule has 6 heteroatoms. The van der Waals surface area contributed by atoms with Gasteiger partial charge in [-0.15, -0.1) is 0 Å². The molecule has 0 radical (unpaired) electrons. The molecule has 0 aliphatic carbocycles. The van der Waals surface area contributed by atoms with Crippen molar-refractivity contribution >= 4 is 17.9 Å². The van der Waals surface area contributed by atoms with Crippen LogP contribution in [0.4, 0.5) is 5.69 Å². The Kier molecular flexibility index (Phi) is 6.47. The van der Waals surface area contributed by atoms with Crippen LogP contribution in [0.15, 0.2) is 72.8 Å². The largest absolute Gasteiger partial charge is 0.497 e. The van der Waals surface area contributed by atoms with Gasteiger partial charge in [-0.1, -0.05) is 18.2 Å². The van der Waals surface area contributed by atoms with Gasteiger partial charge in [-0.3, -0.25) is 9.59 Å². The van der Waals surface area contributed by atoms with Crippen LogP contribution in [0.1, 0.15) is 17.3 Å². The SMILES string of the molecule is COc1ccc(O[C@@H](C)C(=O)Nc2ccc(Oc3ccccc3)cc2)c(C=O)c1. The van der Waals surface area contributed by atoms with Gasteiger partial charge < -0.3 is 19.5 Å². The number of methoxy groups -OCH3 is 1. The Balaban J connectivity index is 1.60. The van der Waals surface area contributed by atoms with Gasteiger partial charge in [-0.2, -0.15) is 0 Å². The summed E-state index contributed by atoms with van der Waals surface area (Å²) in [6.07, 6.45) is -0.143. The zero-order valence-corrected chi connectivity index (χ0v) is 16.1. The van der Waals surface area contributed by atoms with Crippen molar-refractivity contribution in [1.29, 1.82) is 0 Å². The number of nitrogens with one attached hydrogen (secondary N) is 1. The molecule has 0 aromatic heterocycles. The van der Waals surface area contributed by atoms with Gasteiger partial charge in [-0.05, 0) is 61.5 Å². The van der Waals surface area contributed by atoms with E-state index >= 15 is 0 Å². The van der Waals surface area contributed by atoms with Gasteiger partial charge in [0.2, 0.25) is 0 Å². The van der Waals surface area contributed by atoms with Crippen molar-refractivity contribution in [2.45, 2.75) is 13.0 Å². The molecule has 1 N–H and O–H groups in total. The first-order valence-electron chi connectivity index (χ1n) is 9.03. The number of benzene rings is 3. The number of hydrogen-bond acceptors (Lipinski definition) is 5. The lowest BCUT2D eigenvalue weighted by Crippen LogP contribution is -2.30. The van der Waals surface area contributed by atoms with Crippen molar-refractivity contribution in [3.63, 3.8) is 0 Å². The molecule has 1 amide bonds. The Morgan fingerprint density at radius 2 is 1.59 bits per heavy atom. The van der Waals surface area contributed by atoms with E-state index in [-0.39, 0.29) is 5.91 Å². The highest BCUT2D eigenvalue weighted by atomic mass is 16.5. The first-order valence-corrected chi connectivity index (χ1v) is 9.03. The summed E-state index contributed by atoms with van der Waals surface area (Å²) >= 11 is 0. The summed E-state index contributed by atoms with van der Waals surface area (Å²) in [5, 5.41) is 2.78. The number of rotatable bonds is 8. The molecule has 0 unspecified atom stereocenters. The van der Waals surface area contributed by atoms with Crippen molar-refractivity contribution in [1.82, 2.24) is 0 Å². The van der Waals surface area contributed by atoms with Gasteiger partial charge >= 0.3 is 0 Å². The number of ether oxygens (including phenoxy) is 3. The van der Waals surface area contributed by atoms with Gasteiger partial charge in [0.1, 0.15) is 23.0 Å². The molecule has 0 heterocycles. The van der Waals surface area contributed by atoms with Crippen LogP contribution < -0.4 is 19.5 Å². The molecule has 0 saturated carbocycles. The fraction of sp³-hybridized carbons (Fsp3) is 0.130. The highest BCUT2D eigenvalue weighted by Gasteiger charge is 2.17. The summed E-state index contributed by atoms with van der Waals surface area (Å²) in [5.41, 5.74) is 0.919. The van der Waals surface area contributed by atoms with Crippen molar-refractivity contribution < 1.29 is 23.8 Å². The maximum absolute atomic E-state index is 12.4. The summed E-state index contributed by atoms with van der Waals surface area (Å²) in [6.45, 7) is 1.61. The van der Waals surface area contributed by atoms with Crippen LogP contribution in [0, 0.1) is 0 Å². The molecule has 29 heavy (non-hydrogen) atoms. The fourth-order valence-electron chi connectivity index (χ4n) is 2.57. The minimum Gasteiger partial charge on any atom is -0.497 e. The summed E-state index contributed by atoms with van der Waals surface area (Å²) in [5.74, 6) is 1.91. The van der Waals surface area contributed by atoms with E-state index in [1.165, 1.54) is 7.11 Å². The van der Waals surface area contributed by atoms with Gasteiger partial charge in [0.25, 0.3) is 5.91 Å². The third kappa shape index (κ3) is 5.35. The molecule has 148 valence electrons. The second-order valence-electron chi connectivity index (χ2n) is 6.21. The lowest BCUT2D eigenvalue weighted by Gasteiger charge is -2.16. The maximum Gasteiger partial charge on any atom is 0.265 e. The second-order valence-corrected chi connectivity index (χ2v) is 6.21. The van der Waals surface area contributed by atoms with Gasteiger partial charge in [-0.25, -0.2) is 0 Å². The molecule has 0 aliphatic rings. The van der Waals surface area contributed by atoms with E-state index in [4.69, 9.17) is 14.2 Å². The molecule has 6 nitrogen and oxygen atoms in total. The third-order valence-corrected chi connectivity index (χ3v) is 4.12. The van der Waals surface area contributed by atoms with Gasteiger partial charge in [0.05, 0.1) is 12.7 Å². The topological polar surface area (TPSA) is 73.9 Å². The predicted molar refractivity (Wildman–Crippen MR) is 110 cm³/mol. The number of carbonyl (C=O) groups is 2. The average molecular weight is 391 g/mol. The molecular formula is C23H21NO5. The summed E-state index contributed by atoms with van der Waals surface area (Å²) in [7, 11) is 1.51. The molecule has 1 atom stereocenters. The number of aldehydes is 1. The summed E-state index contributed by atoms with van der Waals surface area (Å²) in [4.78, 5) is 23.7. The van der Waals surface area contributed by atoms with E-state index in [9.17, 15) is 9.59 Å². The van der Waals surface area contributed by atoms with E-state index in [2.05, 4.69) is 5.32 Å². The molecule has 0 fully saturated rings. The number of para-hydroxylation sites is 1. The molecule has 3 aromatic rings. The number of anilines is 1. The van der Waals surface area contributed by atoms with E-state index in [0.717, 1.165) is 5.75 Å². The zero-order valence-electron chi connectivity index (χ0n) is 16.1. The summed E-state index contributed by atoms with van der Waals surface area (Å²) in [6, 6.07) is 21.3. The highest BCUT2D eigenvalue weighted by Crippen LogP contribution is 2.25. The van der Waals surface area contributed by atoms with Crippen molar-refractivity contribution in [3.05, 3.63) is 78.4 Å². The predicted octanol–water partition coefficient (Wildman–Crippen LogP) is 4.71. The van der Waals surface area contributed by atoms with Crippen LogP contribution in [-0.2, 0) is 4.79 Å². The smallest absolute Gasteiger partial charge is 0.265 e. The normalized spacial score (nSPS) is 11.2. The molecule has 0 bridgehead atoms. The van der Waals surface area contributed by atoms with Gasteiger partial charge in [0.15, 0.2) is 12.4 Å². The lowest BCUT2D eigenvalue weighted by molar-refractivity contribution is -0.122. The standard InChI is InChI=1S/C23H21NO5/c1-16(28-22-13-12-21(27-2)14-17(22)15-25)23(26)24-18-8-10-20(11-9-18)29-19-6-4-3-5-7-19/h3-16H,1-2H3,(H,24,26)/t16-/m0/s1. The monoisotopic (exact) mass is 391 g/mol. The molecule has 0 aliphatic heterocycles. The average Bonchev–Trinajstić information content (AvgIpc) is 2.76. The fourth-order valence-corrected chi connectivity index (χ4v) is 2.57. The molecule has 3 rings (SSSR count). The zero-order chi connectivity index (χ0) is 20.6. The Bertz CT molecular complexity index is 970. The number of carbonyl (C=O) groups excluding carboxylic acids is 2. The van der Waals surface area contributed by atoms with Crippen LogP contribution >= 0.6 is 0 Å². The second kappa shape index (κ2) is 9.41. The Morgan fingerprint density at radius 3 is 2.24 bits per heavy atom. The summed E-state index contributed by atoms with van der Waals surface area (Å²) < 4.78 is 16.5. The van der Waals surface area contributed by atoms with E-state index in [0.29, 0.717) is 34.8 Å². The quantitative estimate of drug-likeness (QED) is 0.563. The molecular weight excluding hydrogens is 370 g/mol. The van der Waals surface area contributed by atoms with Crippen LogP contribution in [0.5, 0.6) is 23.0 Å². The Hall–Kier alpha value is -3.80. The minimum absolute atomic E-state index is 0.311. The molecule has 0 spiro atoms. The molecule has 3 aromatic carbocycles. The number of amides is 1. The Morgan fingerprint density at radius 1 is 0.931 bits per heavy atom. The number of hydrogen-bond donors (Lipinski definition) is 1. The lowest BCUT2D eigenvalue weighted by atomic mass is 10.2. The van der Waals surface area contributed by atoms with Crippen LogP contribution in [0.3, 0.4) is 0 Å². The van der Waals surface area contributed by atoms with Crippen molar-refractivity contribution in [3.8, 4) is 23.0 Å². The van der Waals surface area contributed by atoms with Crippen molar-refractivity contribution in [2.24, 2.45) is 0 Å². The van der Waals surface area contributed by atoms with Crippen LogP contribution in [-0.4, -0.2) is 25.4 Å². The van der Waals surface area contributed by atoms with E-state index in [1.54, 1.807) is 49.4 Å². The third-order valence-electron chi connectivity index (χ3n) is 4.12. The minimum atomic E-state index is -0.803. The highest BCUT2D eigenvalue weighted by molar-refractivity contribution is 5.94. The first-order chi connectivity index (χ1) is 14.1. The van der Waals surface area contributed by atoms with Gasteiger partial charge in [0, 0.05) is 5.69 Å². The van der Waals surface area contributed by atoms with Crippen molar-refractivity contribution in [2.75, 3.05) is 12.4 Å². The van der Waals surface area contributed by atoms with E-state index < -0.39 is 6.10 Å². The first kappa shape index (κ1) is 19.9. The molecule has 0 saturated heterocycles. The Labute approximate surface area is 169 Å². The van der Waals surface area contributed by atoms with Crippen LogP contribution in [0.2, 0.25) is 0 Å². The van der Waals surface area contributed by atoms with Crippen LogP contribution in [0.25, 0.3) is 0 Å². The maximum atomic E-state index is 12.4. The van der Waals surface area contributed by atoms with E-state index in [1.807, 2.05) is 30.3 Å².